The average molecular weight is 513 g/mol. The van der Waals surface area contributed by atoms with Crippen LogP contribution in [0.4, 0.5) is 13.2 Å². The molecule has 0 spiro atoms. The Morgan fingerprint density at radius 1 is 1.14 bits per heavy atom. The molecule has 1 N–H and O–H groups in total. The molecule has 1 saturated carbocycles. The van der Waals surface area contributed by atoms with Crippen molar-refractivity contribution in [3.05, 3.63) is 66.1 Å². The molecular formula is C24H19F3N6O2S. The Morgan fingerprint density at radius 3 is 2.44 bits per heavy atom. The van der Waals surface area contributed by atoms with Crippen LogP contribution in [0.1, 0.15) is 36.8 Å². The molecule has 3 heterocycles. The number of alkyl halides is 3. The Hall–Kier alpha value is -3.82. The molecule has 0 bridgehead atoms. The van der Waals surface area contributed by atoms with Gasteiger partial charge in [-0.1, -0.05) is 12.1 Å². The van der Waals surface area contributed by atoms with Crippen molar-refractivity contribution >= 4 is 20.9 Å². The summed E-state index contributed by atoms with van der Waals surface area (Å²) in [5.41, 5.74) is 2.73. The number of sulfonamides is 1. The number of halogens is 3. The van der Waals surface area contributed by atoms with Crippen LogP contribution >= 0.6 is 0 Å². The molecule has 0 radical (unpaired) electrons. The summed E-state index contributed by atoms with van der Waals surface area (Å²) < 4.78 is 66.8. The fraction of sp³-hybridized carbons (Fsp3) is 0.250. The van der Waals surface area contributed by atoms with E-state index in [0.29, 0.717) is 41.0 Å². The van der Waals surface area contributed by atoms with Crippen molar-refractivity contribution in [2.24, 2.45) is 0 Å². The van der Waals surface area contributed by atoms with E-state index in [-0.39, 0.29) is 5.69 Å². The zero-order valence-corrected chi connectivity index (χ0v) is 19.7. The predicted molar refractivity (Wildman–Crippen MR) is 125 cm³/mol. The SMILES string of the molecule is CC(NS(=O)(=O)c1ccc(-c2c(C#N)c3ccc(C4CC4)cc3n2-c2ncccn2)nc1)C(F)(F)F. The summed E-state index contributed by atoms with van der Waals surface area (Å²) in [5.74, 6) is 0.753. The van der Waals surface area contributed by atoms with Gasteiger partial charge in [-0.3, -0.25) is 9.55 Å². The van der Waals surface area contributed by atoms with Gasteiger partial charge in [-0.2, -0.15) is 23.2 Å². The van der Waals surface area contributed by atoms with Crippen molar-refractivity contribution in [3.63, 3.8) is 0 Å². The maximum Gasteiger partial charge on any atom is 0.404 e. The van der Waals surface area contributed by atoms with Crippen LogP contribution in [0.5, 0.6) is 0 Å². The molecule has 0 saturated heterocycles. The van der Waals surface area contributed by atoms with Crippen LogP contribution < -0.4 is 4.72 Å². The minimum Gasteiger partial charge on any atom is -0.275 e. The summed E-state index contributed by atoms with van der Waals surface area (Å²) >= 11 is 0. The van der Waals surface area contributed by atoms with Crippen LogP contribution in [0.25, 0.3) is 28.2 Å². The summed E-state index contributed by atoms with van der Waals surface area (Å²) in [7, 11) is -4.48. The number of pyridine rings is 1. The van der Waals surface area contributed by atoms with Gasteiger partial charge in [0, 0.05) is 24.0 Å². The fourth-order valence-electron chi connectivity index (χ4n) is 3.99. The van der Waals surface area contributed by atoms with Crippen LogP contribution in [0.15, 0.2) is 59.9 Å². The Morgan fingerprint density at radius 2 is 1.86 bits per heavy atom. The highest BCUT2D eigenvalue weighted by Crippen LogP contribution is 2.43. The molecule has 36 heavy (non-hydrogen) atoms. The van der Waals surface area contributed by atoms with Crippen molar-refractivity contribution in [1.82, 2.24) is 24.2 Å². The van der Waals surface area contributed by atoms with E-state index in [0.717, 1.165) is 30.7 Å². The van der Waals surface area contributed by atoms with Crippen LogP contribution in [-0.2, 0) is 10.0 Å². The zero-order chi connectivity index (χ0) is 25.7. The standard InChI is InChI=1S/C24H19F3N6O2S/c1-14(24(25,26)27)32-36(34,35)17-6-8-20(31-13-17)22-19(12-28)18-7-5-16(15-3-4-15)11-21(18)33(22)23-29-9-2-10-30-23/h2,5-11,13-15,32H,3-4H2,1H3. The van der Waals surface area contributed by atoms with E-state index in [1.54, 1.807) is 27.7 Å². The second kappa shape index (κ2) is 8.69. The highest BCUT2D eigenvalue weighted by atomic mass is 32.2. The number of hydrogen-bond acceptors (Lipinski definition) is 6. The van der Waals surface area contributed by atoms with Gasteiger partial charge in [0.25, 0.3) is 0 Å². The molecule has 1 aliphatic rings. The first-order valence-electron chi connectivity index (χ1n) is 11.0. The van der Waals surface area contributed by atoms with Crippen molar-refractivity contribution in [2.45, 2.75) is 42.8 Å². The lowest BCUT2D eigenvalue weighted by Gasteiger charge is -2.17. The van der Waals surface area contributed by atoms with Crippen LogP contribution in [0, 0.1) is 11.3 Å². The summed E-state index contributed by atoms with van der Waals surface area (Å²) in [4.78, 5) is 12.5. The lowest BCUT2D eigenvalue weighted by molar-refractivity contribution is -0.147. The Labute approximate surface area is 204 Å². The number of benzene rings is 1. The molecule has 8 nitrogen and oxygen atoms in total. The third-order valence-electron chi connectivity index (χ3n) is 6.02. The van der Waals surface area contributed by atoms with Crippen molar-refractivity contribution in [2.75, 3.05) is 0 Å². The van der Waals surface area contributed by atoms with Crippen LogP contribution in [0.3, 0.4) is 0 Å². The van der Waals surface area contributed by atoms with Gasteiger partial charge in [0.15, 0.2) is 0 Å². The lowest BCUT2D eigenvalue weighted by atomic mass is 10.1. The zero-order valence-electron chi connectivity index (χ0n) is 18.9. The molecule has 1 unspecified atom stereocenters. The molecular weight excluding hydrogens is 493 g/mol. The Bertz CT molecular complexity index is 1590. The molecule has 5 rings (SSSR count). The maximum absolute atomic E-state index is 12.9. The van der Waals surface area contributed by atoms with Crippen LogP contribution in [-0.4, -0.2) is 40.2 Å². The molecule has 0 aliphatic heterocycles. The highest BCUT2D eigenvalue weighted by molar-refractivity contribution is 7.89. The van der Waals surface area contributed by atoms with E-state index >= 15 is 0 Å². The second-order valence-corrected chi connectivity index (χ2v) is 10.2. The first-order chi connectivity index (χ1) is 17.1. The molecule has 1 fully saturated rings. The third kappa shape index (κ3) is 4.31. The summed E-state index contributed by atoms with van der Waals surface area (Å²) in [6, 6.07) is 9.94. The largest absolute Gasteiger partial charge is 0.404 e. The van der Waals surface area contributed by atoms with Gasteiger partial charge >= 0.3 is 6.18 Å². The molecule has 3 aromatic heterocycles. The number of rotatable bonds is 6. The quantitative estimate of drug-likeness (QED) is 0.408. The second-order valence-electron chi connectivity index (χ2n) is 8.53. The van der Waals surface area contributed by atoms with Crippen molar-refractivity contribution < 1.29 is 21.6 Å². The predicted octanol–water partition coefficient (Wildman–Crippen LogP) is 4.46. The summed E-state index contributed by atoms with van der Waals surface area (Å²) in [6.07, 6.45) is 1.52. The molecule has 12 heteroatoms. The van der Waals surface area contributed by atoms with E-state index in [1.165, 1.54) is 6.07 Å². The molecule has 1 atom stereocenters. The first kappa shape index (κ1) is 23.9. The van der Waals surface area contributed by atoms with Gasteiger partial charge in [-0.05, 0) is 55.5 Å². The normalized spacial score (nSPS) is 15.1. The van der Waals surface area contributed by atoms with E-state index in [1.807, 2.05) is 18.2 Å². The van der Waals surface area contributed by atoms with E-state index in [9.17, 15) is 26.9 Å². The number of fused-ring (bicyclic) bond motifs is 1. The summed E-state index contributed by atoms with van der Waals surface area (Å²) in [6.45, 7) is 0.715. The van der Waals surface area contributed by atoms with Gasteiger partial charge in [0.05, 0.1) is 22.5 Å². The minimum atomic E-state index is -4.74. The number of aromatic nitrogens is 4. The minimum absolute atomic E-state index is 0.242. The summed E-state index contributed by atoms with van der Waals surface area (Å²) in [5, 5.41) is 10.7. The Balaban J connectivity index is 1.65. The van der Waals surface area contributed by atoms with Gasteiger partial charge in [0.2, 0.25) is 16.0 Å². The van der Waals surface area contributed by atoms with E-state index in [2.05, 4.69) is 21.0 Å². The Kier molecular flexibility index (Phi) is 5.77. The molecule has 1 aromatic carbocycles. The van der Waals surface area contributed by atoms with Crippen molar-refractivity contribution in [3.8, 4) is 23.4 Å². The van der Waals surface area contributed by atoms with Gasteiger partial charge in [0.1, 0.15) is 17.0 Å². The maximum atomic E-state index is 12.9. The monoisotopic (exact) mass is 512 g/mol. The number of nitriles is 1. The van der Waals surface area contributed by atoms with E-state index < -0.39 is 27.1 Å². The average Bonchev–Trinajstić information content (AvgIpc) is 3.65. The molecule has 184 valence electrons. The van der Waals surface area contributed by atoms with Crippen molar-refractivity contribution in [1.29, 1.82) is 5.26 Å². The number of hydrogen-bond donors (Lipinski definition) is 1. The smallest absolute Gasteiger partial charge is 0.275 e. The number of nitrogens with one attached hydrogen (secondary N) is 1. The first-order valence-corrected chi connectivity index (χ1v) is 12.5. The molecule has 4 aromatic rings. The van der Waals surface area contributed by atoms with Gasteiger partial charge in [-0.25, -0.2) is 18.4 Å². The molecule has 1 aliphatic carbocycles. The van der Waals surface area contributed by atoms with Crippen LogP contribution in [0.2, 0.25) is 0 Å². The topological polar surface area (TPSA) is 114 Å². The van der Waals surface area contributed by atoms with E-state index in [4.69, 9.17) is 0 Å². The van der Waals surface area contributed by atoms with Gasteiger partial charge in [-0.15, -0.1) is 0 Å². The highest BCUT2D eigenvalue weighted by Gasteiger charge is 2.39. The molecule has 0 amide bonds. The lowest BCUT2D eigenvalue weighted by Crippen LogP contribution is -2.42. The number of nitrogens with zero attached hydrogens (tertiary/aromatic N) is 5. The third-order valence-corrected chi connectivity index (χ3v) is 7.54. The van der Waals surface area contributed by atoms with Gasteiger partial charge < -0.3 is 0 Å². The fourth-order valence-corrected chi connectivity index (χ4v) is 5.17.